The Labute approximate surface area is 120 Å². The fourth-order valence-corrected chi connectivity index (χ4v) is 2.45. The number of nitrogens with zero attached hydrogens (tertiary/aromatic N) is 1. The lowest BCUT2D eigenvalue weighted by Crippen LogP contribution is -2.38. The highest BCUT2D eigenvalue weighted by molar-refractivity contribution is 7.89. The third kappa shape index (κ3) is 6.03. The molecule has 0 heterocycles. The van der Waals surface area contributed by atoms with Crippen molar-refractivity contribution in [2.45, 2.75) is 18.7 Å². The smallest absolute Gasteiger partial charge is 0.240 e. The summed E-state index contributed by atoms with van der Waals surface area (Å²) < 4.78 is 26.3. The van der Waals surface area contributed by atoms with E-state index in [4.69, 9.17) is 5.73 Å². The van der Waals surface area contributed by atoms with Crippen LogP contribution in [0.25, 0.3) is 0 Å². The highest BCUT2D eigenvalue weighted by Crippen LogP contribution is 2.06. The van der Waals surface area contributed by atoms with E-state index < -0.39 is 10.0 Å². The standard InChI is InChI=1S/C13H22N4O2S/c1-11(2)10-16-13(14)15-8-9-17-20(18,19)12-6-4-3-5-7-12/h3-7,11,17H,8-10H2,1-2H3,(H3,14,15,16). The highest BCUT2D eigenvalue weighted by atomic mass is 32.2. The Balaban J connectivity index is 2.36. The molecule has 112 valence electrons. The van der Waals surface area contributed by atoms with Crippen LogP contribution in [0.1, 0.15) is 13.8 Å². The van der Waals surface area contributed by atoms with Gasteiger partial charge < -0.3 is 11.1 Å². The number of guanidine groups is 1. The normalized spacial score (nSPS) is 12.7. The van der Waals surface area contributed by atoms with E-state index in [1.54, 1.807) is 30.3 Å². The molecule has 4 N–H and O–H groups in total. The van der Waals surface area contributed by atoms with E-state index in [2.05, 4.69) is 15.0 Å². The van der Waals surface area contributed by atoms with Crippen molar-refractivity contribution in [3.8, 4) is 0 Å². The van der Waals surface area contributed by atoms with Gasteiger partial charge in [-0.2, -0.15) is 0 Å². The van der Waals surface area contributed by atoms with Crippen molar-refractivity contribution < 1.29 is 8.42 Å². The molecular formula is C13H22N4O2S. The van der Waals surface area contributed by atoms with E-state index in [0.717, 1.165) is 0 Å². The van der Waals surface area contributed by atoms with Gasteiger partial charge in [0.1, 0.15) is 0 Å². The molecule has 20 heavy (non-hydrogen) atoms. The summed E-state index contributed by atoms with van der Waals surface area (Å²) in [6.07, 6.45) is 0. The molecule has 0 aromatic heterocycles. The largest absolute Gasteiger partial charge is 0.370 e. The van der Waals surface area contributed by atoms with Crippen molar-refractivity contribution in [3.63, 3.8) is 0 Å². The minimum atomic E-state index is -3.45. The molecule has 0 unspecified atom stereocenters. The molecule has 7 heteroatoms. The number of nitrogens with two attached hydrogens (primary N) is 1. The molecule has 6 nitrogen and oxygen atoms in total. The summed E-state index contributed by atoms with van der Waals surface area (Å²) >= 11 is 0. The van der Waals surface area contributed by atoms with Gasteiger partial charge in [0.05, 0.1) is 4.90 Å². The number of aliphatic imine (C=N–C) groups is 1. The van der Waals surface area contributed by atoms with Crippen molar-refractivity contribution >= 4 is 16.0 Å². The third-order valence-corrected chi connectivity index (χ3v) is 3.88. The van der Waals surface area contributed by atoms with Crippen molar-refractivity contribution in [1.82, 2.24) is 10.0 Å². The number of rotatable bonds is 7. The quantitative estimate of drug-likeness (QED) is 0.388. The SMILES string of the molecule is CC(C)CN=C(N)NCCNS(=O)(=O)c1ccccc1. The van der Waals surface area contributed by atoms with Crippen LogP contribution in [0.5, 0.6) is 0 Å². The summed E-state index contributed by atoms with van der Waals surface area (Å²) in [4.78, 5) is 4.37. The molecule has 1 rings (SSSR count). The molecule has 0 radical (unpaired) electrons. The minimum absolute atomic E-state index is 0.245. The van der Waals surface area contributed by atoms with Gasteiger partial charge >= 0.3 is 0 Å². The Kier molecular flexibility index (Phi) is 6.47. The Morgan fingerprint density at radius 2 is 1.90 bits per heavy atom. The highest BCUT2D eigenvalue weighted by Gasteiger charge is 2.11. The number of benzene rings is 1. The van der Waals surface area contributed by atoms with E-state index in [9.17, 15) is 8.42 Å². The van der Waals surface area contributed by atoms with E-state index in [0.29, 0.717) is 25.0 Å². The number of nitrogens with one attached hydrogen (secondary N) is 2. The Hall–Kier alpha value is -1.60. The van der Waals surface area contributed by atoms with Gasteiger partial charge in [-0.25, -0.2) is 13.1 Å². The summed E-state index contributed by atoms with van der Waals surface area (Å²) in [5, 5.41) is 2.86. The van der Waals surface area contributed by atoms with Gasteiger partial charge in [-0.05, 0) is 18.1 Å². The van der Waals surface area contributed by atoms with E-state index in [1.807, 2.05) is 13.8 Å². The fraction of sp³-hybridized carbons (Fsp3) is 0.462. The summed E-state index contributed by atoms with van der Waals surface area (Å²) in [6, 6.07) is 8.24. The third-order valence-electron chi connectivity index (χ3n) is 2.40. The molecule has 0 aliphatic rings. The van der Waals surface area contributed by atoms with Crippen LogP contribution in [-0.2, 0) is 10.0 Å². The Morgan fingerprint density at radius 3 is 2.50 bits per heavy atom. The first-order chi connectivity index (χ1) is 9.42. The maximum absolute atomic E-state index is 11.9. The van der Waals surface area contributed by atoms with E-state index in [1.165, 1.54) is 0 Å². The monoisotopic (exact) mass is 298 g/mol. The van der Waals surface area contributed by atoms with Crippen LogP contribution in [0, 0.1) is 5.92 Å². The Bertz CT molecular complexity index is 527. The van der Waals surface area contributed by atoms with Crippen molar-refractivity contribution in [1.29, 1.82) is 0 Å². The summed E-state index contributed by atoms with van der Waals surface area (Å²) in [5.74, 6) is 0.768. The van der Waals surface area contributed by atoms with Gasteiger partial charge in [0, 0.05) is 19.6 Å². The zero-order chi connectivity index (χ0) is 15.0. The number of hydrogen-bond donors (Lipinski definition) is 3. The van der Waals surface area contributed by atoms with Crippen molar-refractivity contribution in [3.05, 3.63) is 30.3 Å². The van der Waals surface area contributed by atoms with E-state index in [-0.39, 0.29) is 11.4 Å². The first-order valence-electron chi connectivity index (χ1n) is 6.50. The summed E-state index contributed by atoms with van der Waals surface area (Å²) in [7, 11) is -3.45. The van der Waals surface area contributed by atoms with Gasteiger partial charge in [0.15, 0.2) is 5.96 Å². The lowest BCUT2D eigenvalue weighted by Gasteiger charge is -2.08. The maximum atomic E-state index is 11.9. The molecule has 0 aliphatic carbocycles. The van der Waals surface area contributed by atoms with Gasteiger partial charge in [-0.3, -0.25) is 4.99 Å². The molecular weight excluding hydrogens is 276 g/mol. The van der Waals surface area contributed by atoms with Crippen LogP contribution in [0.3, 0.4) is 0 Å². The summed E-state index contributed by atoms with van der Waals surface area (Å²) in [6.45, 7) is 5.37. The zero-order valence-electron chi connectivity index (χ0n) is 11.8. The van der Waals surface area contributed by atoms with Crippen LogP contribution >= 0.6 is 0 Å². The average molecular weight is 298 g/mol. The Morgan fingerprint density at radius 1 is 1.25 bits per heavy atom. The molecule has 0 fully saturated rings. The van der Waals surface area contributed by atoms with Crippen LogP contribution in [0.15, 0.2) is 40.2 Å². The molecule has 0 aliphatic heterocycles. The first kappa shape index (κ1) is 16.5. The second-order valence-corrected chi connectivity index (χ2v) is 6.52. The first-order valence-corrected chi connectivity index (χ1v) is 7.98. The summed E-state index contributed by atoms with van der Waals surface area (Å²) in [5.41, 5.74) is 5.64. The lowest BCUT2D eigenvalue weighted by molar-refractivity contribution is 0.580. The second-order valence-electron chi connectivity index (χ2n) is 4.76. The topological polar surface area (TPSA) is 96.6 Å². The molecule has 1 aromatic carbocycles. The molecule has 1 aromatic rings. The predicted molar refractivity (Wildman–Crippen MR) is 81.0 cm³/mol. The van der Waals surface area contributed by atoms with E-state index >= 15 is 0 Å². The van der Waals surface area contributed by atoms with Crippen molar-refractivity contribution in [2.75, 3.05) is 19.6 Å². The average Bonchev–Trinajstić information content (AvgIpc) is 2.42. The molecule has 0 spiro atoms. The van der Waals surface area contributed by atoms with Crippen LogP contribution in [0.2, 0.25) is 0 Å². The van der Waals surface area contributed by atoms with Gasteiger partial charge in [0.25, 0.3) is 0 Å². The fourth-order valence-electron chi connectivity index (χ4n) is 1.40. The molecule has 0 saturated heterocycles. The maximum Gasteiger partial charge on any atom is 0.240 e. The molecule has 0 amide bonds. The molecule has 0 saturated carbocycles. The second kappa shape index (κ2) is 7.86. The van der Waals surface area contributed by atoms with Gasteiger partial charge in [0.2, 0.25) is 10.0 Å². The van der Waals surface area contributed by atoms with Crippen LogP contribution in [-0.4, -0.2) is 34.0 Å². The minimum Gasteiger partial charge on any atom is -0.370 e. The van der Waals surface area contributed by atoms with Gasteiger partial charge in [-0.1, -0.05) is 32.0 Å². The predicted octanol–water partition coefficient (Wildman–Crippen LogP) is 0.525. The number of sulfonamides is 1. The van der Waals surface area contributed by atoms with Crippen molar-refractivity contribution in [2.24, 2.45) is 16.6 Å². The molecule has 0 atom stereocenters. The van der Waals surface area contributed by atoms with Gasteiger partial charge in [-0.15, -0.1) is 0 Å². The van der Waals surface area contributed by atoms with Crippen LogP contribution < -0.4 is 15.8 Å². The lowest BCUT2D eigenvalue weighted by atomic mass is 10.2. The number of hydrogen-bond acceptors (Lipinski definition) is 3. The van der Waals surface area contributed by atoms with Crippen LogP contribution in [0.4, 0.5) is 0 Å². The molecule has 0 bridgehead atoms. The zero-order valence-corrected chi connectivity index (χ0v) is 12.7.